The van der Waals surface area contributed by atoms with Gasteiger partial charge in [-0.1, -0.05) is 55.4 Å². The highest BCUT2D eigenvalue weighted by atomic mass is 16.6. The van der Waals surface area contributed by atoms with Crippen LogP contribution in [0, 0.1) is 33.5 Å². The molecule has 3 fully saturated rings. The average Bonchev–Trinajstić information content (AvgIpc) is 1.69. The van der Waals surface area contributed by atoms with Crippen LogP contribution in [0.25, 0.3) is 0 Å². The molecule has 103 heavy (non-hydrogen) atoms. The number of hydrogen-bond donors (Lipinski definition) is 3. The zero-order valence-electron chi connectivity index (χ0n) is 65.5. The first-order valence-corrected chi connectivity index (χ1v) is 35.6. The fourth-order valence-electron chi connectivity index (χ4n) is 7.04. The Morgan fingerprint density at radius 1 is 0.350 bits per heavy atom. The van der Waals surface area contributed by atoms with Gasteiger partial charge in [-0.15, -0.1) is 0 Å². The Hall–Kier alpha value is -7.35. The SMILES string of the molecule is CCC(C)(C)C(=O)OCC1CO1.CCC(C)(C)C(=O)OCC1CO1.CCC(C)(C)C(=O)OCCOc1ccc(C(=O)C(C)(C)O)cc1.CCC(C)(C)C(=O)OCCOc1ccc(C(=O)C(C)(C)O)cc1.CCC(C)C(=O)OCC1CO1.CCC(C)C(=O)OCCOc1ccc(C(=O)C(C)(C)O)cc1. The number of esters is 6. The average molecular weight is 1460 g/mol. The van der Waals surface area contributed by atoms with Crippen LogP contribution in [0.4, 0.5) is 0 Å². The smallest absolute Gasteiger partial charge is 0.311 e. The predicted octanol–water partition coefficient (Wildman–Crippen LogP) is 12.3. The molecule has 0 saturated carbocycles. The van der Waals surface area contributed by atoms with E-state index in [2.05, 4.69) is 0 Å². The third-order valence-corrected chi connectivity index (χ3v) is 17.0. The van der Waals surface area contributed by atoms with E-state index in [1.807, 2.05) is 111 Å². The van der Waals surface area contributed by atoms with Gasteiger partial charge in [0.25, 0.3) is 0 Å². The second kappa shape index (κ2) is 44.5. The maximum Gasteiger partial charge on any atom is 0.311 e. The first kappa shape index (κ1) is 93.7. The Morgan fingerprint density at radius 3 is 0.777 bits per heavy atom. The molecular formula is C79H122O24. The van der Waals surface area contributed by atoms with Gasteiger partial charge in [0.1, 0.15) is 112 Å². The molecule has 6 rings (SSSR count). The predicted molar refractivity (Wildman–Crippen MR) is 388 cm³/mol. The van der Waals surface area contributed by atoms with E-state index in [0.717, 1.165) is 45.5 Å². The van der Waals surface area contributed by atoms with E-state index in [1.54, 1.807) is 72.8 Å². The van der Waals surface area contributed by atoms with Gasteiger partial charge in [0.15, 0.2) is 17.3 Å². The maximum atomic E-state index is 11.9. The number of ether oxygens (including phenoxy) is 12. The van der Waals surface area contributed by atoms with Gasteiger partial charge in [-0.25, -0.2) is 0 Å². The van der Waals surface area contributed by atoms with Crippen molar-refractivity contribution in [2.45, 2.75) is 226 Å². The molecule has 0 spiro atoms. The number of rotatable bonds is 36. The van der Waals surface area contributed by atoms with Crippen LogP contribution in [-0.4, -0.2) is 183 Å². The second-order valence-electron chi connectivity index (χ2n) is 29.5. The normalized spacial score (nSPS) is 15.8. The topological polar surface area (TPSA) is 335 Å². The highest BCUT2D eigenvalue weighted by molar-refractivity contribution is 6.03. The van der Waals surface area contributed by atoms with Crippen LogP contribution in [0.5, 0.6) is 17.2 Å². The number of ketones is 3. The largest absolute Gasteiger partial charge is 0.490 e. The summed E-state index contributed by atoms with van der Waals surface area (Å²) in [6.45, 7) is 43.8. The van der Waals surface area contributed by atoms with Crippen LogP contribution in [0.1, 0.15) is 222 Å². The molecule has 3 N–H and O–H groups in total. The minimum Gasteiger partial charge on any atom is -0.490 e. The van der Waals surface area contributed by atoms with E-state index in [4.69, 9.17) is 56.8 Å². The summed E-state index contributed by atoms with van der Waals surface area (Å²) in [7, 11) is 0. The molecule has 24 nitrogen and oxygen atoms in total. The van der Waals surface area contributed by atoms with Crippen molar-refractivity contribution in [3.63, 3.8) is 0 Å². The molecular weight excluding hydrogens is 1330 g/mol. The van der Waals surface area contributed by atoms with Crippen LogP contribution in [-0.2, 0) is 71.4 Å². The summed E-state index contributed by atoms with van der Waals surface area (Å²) in [5.74, 6) is -0.467. The maximum absolute atomic E-state index is 11.9. The molecule has 3 aliphatic heterocycles. The van der Waals surface area contributed by atoms with Crippen molar-refractivity contribution in [3.05, 3.63) is 89.5 Å². The van der Waals surface area contributed by atoms with Crippen molar-refractivity contribution in [3.8, 4) is 17.2 Å². The molecule has 0 aromatic heterocycles. The lowest BCUT2D eigenvalue weighted by atomic mass is 9.91. The molecule has 582 valence electrons. The Kier molecular flexibility index (Phi) is 40.4. The highest BCUT2D eigenvalue weighted by Crippen LogP contribution is 2.27. The summed E-state index contributed by atoms with van der Waals surface area (Å²) in [5, 5.41) is 29.1. The zero-order chi connectivity index (χ0) is 78.7. The Balaban J connectivity index is 0.000000633. The van der Waals surface area contributed by atoms with Crippen LogP contribution in [0.15, 0.2) is 72.8 Å². The van der Waals surface area contributed by atoms with Gasteiger partial charge in [0.05, 0.1) is 53.3 Å². The quantitative estimate of drug-likeness (QED) is 0.0160. The molecule has 3 heterocycles. The number of Topliss-reactive ketones (excluding diaryl/α,β-unsaturated/α-hetero) is 3. The highest BCUT2D eigenvalue weighted by Gasteiger charge is 2.34. The molecule has 0 bridgehead atoms. The zero-order valence-corrected chi connectivity index (χ0v) is 65.5. The monoisotopic (exact) mass is 1450 g/mol. The van der Waals surface area contributed by atoms with Gasteiger partial charge in [0.2, 0.25) is 0 Å². The molecule has 24 heteroatoms. The van der Waals surface area contributed by atoms with E-state index in [9.17, 15) is 58.5 Å². The summed E-state index contributed by atoms with van der Waals surface area (Å²) in [4.78, 5) is 104. The summed E-state index contributed by atoms with van der Waals surface area (Å²) < 4.78 is 61.6. The van der Waals surface area contributed by atoms with E-state index >= 15 is 0 Å². The van der Waals surface area contributed by atoms with E-state index in [-0.39, 0.29) is 134 Å². The van der Waals surface area contributed by atoms with E-state index in [0.29, 0.717) is 66.6 Å². The molecule has 3 saturated heterocycles. The van der Waals surface area contributed by atoms with E-state index < -0.39 is 27.6 Å². The Morgan fingerprint density at radius 2 is 0.563 bits per heavy atom. The fraction of sp³-hybridized carbons (Fsp3) is 0.658. The van der Waals surface area contributed by atoms with Crippen LogP contribution in [0.3, 0.4) is 0 Å². The molecule has 3 aromatic rings. The standard InChI is InChI=1S/2C18H26O5.C17H24O5.2C9H16O3.C8H14O3/c2*1-6-17(2,3)16(20)23-12-11-22-14-9-7-13(8-10-14)15(19)18(4,5)21;1-5-12(2)16(19)22-11-10-21-14-8-6-13(7-9-14)15(18)17(3,4)20;2*1-4-9(2,3)8(10)12-6-7-5-11-7;1-3-6(2)8(9)11-5-7-4-10-7/h2*7-10,21H,6,11-12H2,1-5H3;6-9,12,20H,5,10-11H2,1-4H3;2*7H,4-6H2,1-3H3;6-7H,3-5H2,1-2H3. The molecule has 3 aliphatic rings. The van der Waals surface area contributed by atoms with Gasteiger partial charge in [-0.3, -0.25) is 43.2 Å². The Labute approximate surface area is 611 Å². The summed E-state index contributed by atoms with van der Waals surface area (Å²) >= 11 is 0. The molecule has 3 aromatic carbocycles. The summed E-state index contributed by atoms with van der Waals surface area (Å²) in [6.07, 6.45) is 5.13. The number of carbonyl (C=O) groups excluding carboxylic acids is 9. The van der Waals surface area contributed by atoms with Crippen molar-refractivity contribution in [2.24, 2.45) is 33.5 Å². The van der Waals surface area contributed by atoms with Gasteiger partial charge in [-0.05, 0) is 208 Å². The second-order valence-corrected chi connectivity index (χ2v) is 29.5. The van der Waals surface area contributed by atoms with Gasteiger partial charge < -0.3 is 72.2 Å². The van der Waals surface area contributed by atoms with Crippen LogP contribution in [0.2, 0.25) is 0 Å². The molecule has 0 aliphatic carbocycles. The minimum absolute atomic E-state index is 0.0220. The van der Waals surface area contributed by atoms with Gasteiger partial charge in [0, 0.05) is 16.7 Å². The first-order chi connectivity index (χ1) is 47.8. The van der Waals surface area contributed by atoms with E-state index in [1.165, 1.54) is 41.5 Å². The van der Waals surface area contributed by atoms with Crippen LogP contribution >= 0.6 is 0 Å². The van der Waals surface area contributed by atoms with Crippen molar-refractivity contribution in [2.75, 3.05) is 79.3 Å². The molecule has 0 amide bonds. The van der Waals surface area contributed by atoms with Gasteiger partial charge in [-0.2, -0.15) is 0 Å². The van der Waals surface area contributed by atoms with Crippen molar-refractivity contribution in [1.29, 1.82) is 0 Å². The van der Waals surface area contributed by atoms with Gasteiger partial charge >= 0.3 is 35.8 Å². The number of carbonyl (C=O) groups is 9. The molecule has 0 radical (unpaired) electrons. The number of aliphatic hydroxyl groups is 3. The number of benzene rings is 3. The molecule has 5 atom stereocenters. The Bertz CT molecular complexity index is 2920. The van der Waals surface area contributed by atoms with Crippen molar-refractivity contribution >= 4 is 53.2 Å². The van der Waals surface area contributed by atoms with Crippen molar-refractivity contribution in [1.82, 2.24) is 0 Å². The summed E-state index contributed by atoms with van der Waals surface area (Å²) in [6, 6.07) is 19.5. The summed E-state index contributed by atoms with van der Waals surface area (Å²) in [5.41, 5.74) is -4.62. The lowest BCUT2D eigenvalue weighted by molar-refractivity contribution is -0.155. The number of hydrogen-bond acceptors (Lipinski definition) is 24. The molecule has 5 unspecified atom stereocenters. The lowest BCUT2D eigenvalue weighted by Gasteiger charge is -2.20. The third kappa shape index (κ3) is 38.3. The third-order valence-electron chi connectivity index (χ3n) is 17.0. The lowest BCUT2D eigenvalue weighted by Crippen LogP contribution is -2.31. The number of epoxide rings is 3. The fourth-order valence-corrected chi connectivity index (χ4v) is 7.04. The van der Waals surface area contributed by atoms with Crippen molar-refractivity contribution < 1.29 is 115 Å². The van der Waals surface area contributed by atoms with Crippen LogP contribution < -0.4 is 14.2 Å². The first-order valence-electron chi connectivity index (χ1n) is 35.6. The minimum atomic E-state index is -1.40.